The Kier molecular flexibility index (Phi) is 4.40. The highest BCUT2D eigenvalue weighted by Gasteiger charge is 2.19. The third-order valence-electron chi connectivity index (χ3n) is 1.96. The lowest BCUT2D eigenvalue weighted by molar-refractivity contribution is 0.188. The third-order valence-corrected chi connectivity index (χ3v) is 1.96. The van der Waals surface area contributed by atoms with E-state index in [-0.39, 0.29) is 0 Å². The molecule has 0 radical (unpaired) electrons. The summed E-state index contributed by atoms with van der Waals surface area (Å²) < 4.78 is 11.3. The molecule has 84 valence electrons. The van der Waals surface area contributed by atoms with Crippen LogP contribution in [0.15, 0.2) is 72.7 Å². The van der Waals surface area contributed by atoms with Crippen molar-refractivity contribution in [1.29, 1.82) is 0 Å². The van der Waals surface area contributed by atoms with Crippen LogP contribution in [0.3, 0.4) is 0 Å². The minimum absolute atomic E-state index is 0.608. The molecule has 0 saturated heterocycles. The van der Waals surface area contributed by atoms with E-state index in [9.17, 15) is 0 Å². The van der Waals surface area contributed by atoms with Crippen molar-refractivity contribution in [3.63, 3.8) is 0 Å². The zero-order valence-electron chi connectivity index (χ0n) is 9.69. The van der Waals surface area contributed by atoms with Gasteiger partial charge in [-0.2, -0.15) is 0 Å². The number of rotatable bonds is 3. The predicted molar refractivity (Wildman–Crippen MR) is 66.2 cm³/mol. The second kappa shape index (κ2) is 5.81. The maximum atomic E-state index is 5.69. The van der Waals surface area contributed by atoms with E-state index in [1.54, 1.807) is 18.2 Å². The Balaban J connectivity index is 3.17. The van der Waals surface area contributed by atoms with Gasteiger partial charge in [-0.05, 0) is 38.2 Å². The van der Waals surface area contributed by atoms with Crippen LogP contribution < -0.4 is 0 Å². The Morgan fingerprint density at radius 1 is 1.00 bits per heavy atom. The topological polar surface area (TPSA) is 18.5 Å². The molecule has 0 bridgehead atoms. The molecule has 0 spiro atoms. The summed E-state index contributed by atoms with van der Waals surface area (Å²) in [5.74, 6) is 2.59. The normalized spacial score (nSPS) is 21.1. The number of hydrogen-bond acceptors (Lipinski definition) is 2. The summed E-state index contributed by atoms with van der Waals surface area (Å²) in [6.07, 6.45) is 10.6. The monoisotopic (exact) mass is 216 g/mol. The van der Waals surface area contributed by atoms with Gasteiger partial charge in [0.25, 0.3) is 0 Å². The fourth-order valence-corrected chi connectivity index (χ4v) is 1.27. The van der Waals surface area contributed by atoms with Crippen LogP contribution >= 0.6 is 0 Å². The lowest BCUT2D eigenvalue weighted by Gasteiger charge is -2.22. The molecule has 0 unspecified atom stereocenters. The number of hydrogen-bond donors (Lipinski definition) is 0. The molecule has 0 amide bonds. The maximum absolute atomic E-state index is 5.69. The molecule has 0 aromatic carbocycles. The van der Waals surface area contributed by atoms with Crippen LogP contribution in [-0.4, -0.2) is 0 Å². The molecule has 0 N–H and O–H groups in total. The van der Waals surface area contributed by atoms with Crippen molar-refractivity contribution in [2.24, 2.45) is 0 Å². The van der Waals surface area contributed by atoms with Crippen LogP contribution in [0.4, 0.5) is 0 Å². The van der Waals surface area contributed by atoms with Gasteiger partial charge in [-0.25, -0.2) is 0 Å². The van der Waals surface area contributed by atoms with Crippen LogP contribution in [-0.2, 0) is 9.47 Å². The van der Waals surface area contributed by atoms with E-state index < -0.39 is 0 Å². The first-order valence-corrected chi connectivity index (χ1v) is 5.11. The van der Waals surface area contributed by atoms with Gasteiger partial charge in [0.2, 0.25) is 0 Å². The quantitative estimate of drug-likeness (QED) is 0.710. The molecule has 0 aromatic heterocycles. The largest absolute Gasteiger partial charge is 0.450 e. The Labute approximate surface area is 96.6 Å². The first kappa shape index (κ1) is 12.1. The van der Waals surface area contributed by atoms with Gasteiger partial charge in [-0.15, -0.1) is 0 Å². The molecule has 1 rings (SSSR count). The Morgan fingerprint density at radius 3 is 2.19 bits per heavy atom. The number of allylic oxidation sites excluding steroid dienone is 6. The fraction of sp³-hybridized carbons (Fsp3) is 0.143. The Bertz CT molecular complexity index is 406. The van der Waals surface area contributed by atoms with Crippen molar-refractivity contribution >= 4 is 0 Å². The molecule has 0 saturated carbocycles. The molecule has 2 heteroatoms. The summed E-state index contributed by atoms with van der Waals surface area (Å²) in [6.45, 7) is 11.1. The molecule has 16 heavy (non-hydrogen) atoms. The minimum atomic E-state index is 0.608. The first-order valence-electron chi connectivity index (χ1n) is 5.11. The number of ether oxygens (including phenoxy) is 2. The van der Waals surface area contributed by atoms with Crippen molar-refractivity contribution in [3.8, 4) is 0 Å². The molecule has 2 nitrogen and oxygen atoms in total. The van der Waals surface area contributed by atoms with Gasteiger partial charge in [-0.3, -0.25) is 0 Å². The van der Waals surface area contributed by atoms with Gasteiger partial charge in [0.15, 0.2) is 23.0 Å². The predicted octanol–water partition coefficient (Wildman–Crippen LogP) is 3.98. The zero-order chi connectivity index (χ0) is 12.0. The van der Waals surface area contributed by atoms with Gasteiger partial charge < -0.3 is 9.47 Å². The maximum Gasteiger partial charge on any atom is 0.169 e. The highest BCUT2D eigenvalue weighted by molar-refractivity contribution is 5.36. The Hall–Kier alpha value is -1.96. The summed E-state index contributed by atoms with van der Waals surface area (Å²) >= 11 is 0. The van der Waals surface area contributed by atoms with E-state index in [2.05, 4.69) is 13.2 Å². The third kappa shape index (κ3) is 2.54. The summed E-state index contributed by atoms with van der Waals surface area (Å²) in [5, 5.41) is 0. The van der Waals surface area contributed by atoms with E-state index in [4.69, 9.17) is 9.47 Å². The summed E-state index contributed by atoms with van der Waals surface area (Å²) in [6, 6.07) is 0. The van der Waals surface area contributed by atoms with E-state index in [0.29, 0.717) is 23.0 Å². The van der Waals surface area contributed by atoms with Gasteiger partial charge in [-0.1, -0.05) is 25.3 Å². The smallest absolute Gasteiger partial charge is 0.169 e. The molecule has 1 heterocycles. The van der Waals surface area contributed by atoms with E-state index in [1.165, 1.54) is 0 Å². The lowest BCUT2D eigenvalue weighted by atomic mass is 10.2. The van der Waals surface area contributed by atoms with Crippen LogP contribution in [0.5, 0.6) is 0 Å². The molecular weight excluding hydrogens is 200 g/mol. The van der Waals surface area contributed by atoms with E-state index in [1.807, 2.05) is 32.1 Å². The fourth-order valence-electron chi connectivity index (χ4n) is 1.27. The Morgan fingerprint density at radius 2 is 1.69 bits per heavy atom. The first-order chi connectivity index (χ1) is 7.76. The second-order valence-electron chi connectivity index (χ2n) is 3.06. The summed E-state index contributed by atoms with van der Waals surface area (Å²) in [5.41, 5.74) is 0. The van der Waals surface area contributed by atoms with Crippen LogP contribution in [0.1, 0.15) is 13.8 Å². The zero-order valence-corrected chi connectivity index (χ0v) is 9.69. The molecule has 0 atom stereocenters. The van der Waals surface area contributed by atoms with Crippen molar-refractivity contribution in [2.45, 2.75) is 13.8 Å². The molecule has 0 fully saturated rings. The molecular formula is C14H16O2. The van der Waals surface area contributed by atoms with Crippen molar-refractivity contribution < 1.29 is 9.47 Å². The standard InChI is InChI=1S/C14H16O2/c1-5-9-13-11(7-3)16-14(10-6-2)12(8-4)15-13/h5-10H,1,4H2,2-3H3/b10-6-,11-7+,13-9+. The van der Waals surface area contributed by atoms with Crippen molar-refractivity contribution in [1.82, 2.24) is 0 Å². The summed E-state index contributed by atoms with van der Waals surface area (Å²) in [7, 11) is 0. The van der Waals surface area contributed by atoms with Gasteiger partial charge in [0, 0.05) is 0 Å². The van der Waals surface area contributed by atoms with E-state index in [0.717, 1.165) is 0 Å². The molecule has 1 aliphatic heterocycles. The van der Waals surface area contributed by atoms with Crippen molar-refractivity contribution in [3.05, 3.63) is 72.7 Å². The van der Waals surface area contributed by atoms with Gasteiger partial charge in [0.1, 0.15) is 0 Å². The average molecular weight is 216 g/mol. The highest BCUT2D eigenvalue weighted by atomic mass is 16.6. The van der Waals surface area contributed by atoms with E-state index >= 15 is 0 Å². The van der Waals surface area contributed by atoms with Crippen LogP contribution in [0, 0.1) is 0 Å². The molecule has 0 aromatic rings. The van der Waals surface area contributed by atoms with Gasteiger partial charge in [0.05, 0.1) is 0 Å². The molecule has 1 aliphatic rings. The SMILES string of the molecule is C=C/C=C1/OC(C=C)=C(/C=C\C)O/C1=C/C. The lowest BCUT2D eigenvalue weighted by Crippen LogP contribution is -2.08. The minimum Gasteiger partial charge on any atom is -0.450 e. The molecule has 0 aliphatic carbocycles. The van der Waals surface area contributed by atoms with Crippen LogP contribution in [0.25, 0.3) is 0 Å². The van der Waals surface area contributed by atoms with Gasteiger partial charge >= 0.3 is 0 Å². The summed E-state index contributed by atoms with van der Waals surface area (Å²) in [4.78, 5) is 0. The highest BCUT2D eigenvalue weighted by Crippen LogP contribution is 2.29. The average Bonchev–Trinajstić information content (AvgIpc) is 2.31. The van der Waals surface area contributed by atoms with Crippen LogP contribution in [0.2, 0.25) is 0 Å². The van der Waals surface area contributed by atoms with Crippen molar-refractivity contribution in [2.75, 3.05) is 0 Å². The second-order valence-corrected chi connectivity index (χ2v) is 3.06.